The number of allylic oxidation sites excluding steroid dienone is 1. The van der Waals surface area contributed by atoms with Crippen LogP contribution in [0.2, 0.25) is 0 Å². The van der Waals surface area contributed by atoms with Crippen LogP contribution < -0.4 is 0 Å². The number of Topliss-reactive ketones (excluding diaryl/α,β-unsaturated/α-hetero) is 1. The third-order valence-corrected chi connectivity index (χ3v) is 4.90. The van der Waals surface area contributed by atoms with Gasteiger partial charge in [-0.05, 0) is 51.9 Å². The van der Waals surface area contributed by atoms with E-state index in [9.17, 15) is 9.59 Å². The standard InChI is InChI=1S/C22H31NO3/c1-5-17(11-12-20(24)19-9-7-6-8-10-19)18-13-15-23(16-14-18)21(25)26-22(2,3)4/h5-10,17-18H,1,11-16H2,2-4H3/t17-/m1/s1. The maximum absolute atomic E-state index is 12.3. The molecule has 1 aromatic rings. The van der Waals surface area contributed by atoms with Crippen LogP contribution in [0.15, 0.2) is 43.0 Å². The molecule has 1 aliphatic heterocycles. The Kier molecular flexibility index (Phi) is 7.01. The molecule has 4 heteroatoms. The molecule has 0 unspecified atom stereocenters. The summed E-state index contributed by atoms with van der Waals surface area (Å²) in [5.41, 5.74) is 0.310. The van der Waals surface area contributed by atoms with Gasteiger partial charge in [0.15, 0.2) is 5.78 Å². The van der Waals surface area contributed by atoms with Gasteiger partial charge in [-0.3, -0.25) is 4.79 Å². The molecule has 1 saturated heterocycles. The van der Waals surface area contributed by atoms with Gasteiger partial charge >= 0.3 is 6.09 Å². The number of piperidine rings is 1. The van der Waals surface area contributed by atoms with Crippen LogP contribution in [0.5, 0.6) is 0 Å². The predicted molar refractivity (Wildman–Crippen MR) is 104 cm³/mol. The minimum absolute atomic E-state index is 0.184. The first-order valence-electron chi connectivity index (χ1n) is 9.49. The fourth-order valence-electron chi connectivity index (χ4n) is 3.45. The van der Waals surface area contributed by atoms with Crippen LogP contribution in [0, 0.1) is 11.8 Å². The molecule has 0 spiro atoms. The van der Waals surface area contributed by atoms with E-state index < -0.39 is 5.60 Å². The highest BCUT2D eigenvalue weighted by Gasteiger charge is 2.29. The van der Waals surface area contributed by atoms with Crippen molar-refractivity contribution >= 4 is 11.9 Å². The minimum Gasteiger partial charge on any atom is -0.444 e. The summed E-state index contributed by atoms with van der Waals surface area (Å²) in [5, 5.41) is 0. The van der Waals surface area contributed by atoms with E-state index in [1.54, 1.807) is 4.90 Å². The first kappa shape index (κ1) is 20.2. The van der Waals surface area contributed by atoms with E-state index in [4.69, 9.17) is 4.74 Å². The zero-order valence-electron chi connectivity index (χ0n) is 16.2. The molecule has 0 aliphatic carbocycles. The van der Waals surface area contributed by atoms with Gasteiger partial charge in [0.25, 0.3) is 0 Å². The molecule has 1 fully saturated rings. The normalized spacial score (nSPS) is 16.8. The van der Waals surface area contributed by atoms with E-state index in [1.165, 1.54) is 0 Å². The molecular formula is C22H31NO3. The smallest absolute Gasteiger partial charge is 0.410 e. The average molecular weight is 357 g/mol. The topological polar surface area (TPSA) is 46.6 Å². The Hall–Kier alpha value is -2.10. The van der Waals surface area contributed by atoms with Gasteiger partial charge in [0, 0.05) is 25.1 Å². The monoisotopic (exact) mass is 357 g/mol. The van der Waals surface area contributed by atoms with E-state index in [0.29, 0.717) is 31.3 Å². The third-order valence-electron chi connectivity index (χ3n) is 4.90. The molecule has 0 saturated carbocycles. The molecular weight excluding hydrogens is 326 g/mol. The van der Waals surface area contributed by atoms with E-state index >= 15 is 0 Å². The number of benzene rings is 1. The molecule has 1 amide bonds. The van der Waals surface area contributed by atoms with Gasteiger partial charge < -0.3 is 9.64 Å². The van der Waals surface area contributed by atoms with Crippen molar-refractivity contribution in [1.29, 1.82) is 0 Å². The van der Waals surface area contributed by atoms with Crippen LogP contribution in [-0.2, 0) is 4.74 Å². The van der Waals surface area contributed by atoms with Gasteiger partial charge in [0.1, 0.15) is 5.60 Å². The lowest BCUT2D eigenvalue weighted by molar-refractivity contribution is 0.0167. The molecule has 0 N–H and O–H groups in total. The van der Waals surface area contributed by atoms with Crippen molar-refractivity contribution in [2.24, 2.45) is 11.8 Å². The number of hydrogen-bond acceptors (Lipinski definition) is 3. The molecule has 1 aromatic carbocycles. The second kappa shape index (κ2) is 9.02. The Morgan fingerprint density at radius 1 is 1.23 bits per heavy atom. The fraction of sp³-hybridized carbons (Fsp3) is 0.545. The average Bonchev–Trinajstić information content (AvgIpc) is 2.62. The summed E-state index contributed by atoms with van der Waals surface area (Å²) >= 11 is 0. The number of ether oxygens (including phenoxy) is 1. The number of nitrogens with zero attached hydrogens (tertiary/aromatic N) is 1. The van der Waals surface area contributed by atoms with Crippen LogP contribution in [0.4, 0.5) is 4.79 Å². The fourth-order valence-corrected chi connectivity index (χ4v) is 3.45. The largest absolute Gasteiger partial charge is 0.444 e. The van der Waals surface area contributed by atoms with E-state index in [0.717, 1.165) is 24.8 Å². The van der Waals surface area contributed by atoms with Crippen LogP contribution >= 0.6 is 0 Å². The summed E-state index contributed by atoms with van der Waals surface area (Å²) < 4.78 is 5.45. The molecule has 26 heavy (non-hydrogen) atoms. The summed E-state index contributed by atoms with van der Waals surface area (Å²) in [6.45, 7) is 11.0. The minimum atomic E-state index is -0.463. The Morgan fingerprint density at radius 2 is 1.85 bits per heavy atom. The van der Waals surface area contributed by atoms with Gasteiger partial charge in [0.2, 0.25) is 0 Å². The number of carbonyl (C=O) groups excluding carboxylic acids is 2. The van der Waals surface area contributed by atoms with E-state index in [-0.39, 0.29) is 11.9 Å². The quantitative estimate of drug-likeness (QED) is 0.526. The lowest BCUT2D eigenvalue weighted by atomic mass is 9.81. The van der Waals surface area contributed by atoms with Gasteiger partial charge in [-0.2, -0.15) is 0 Å². The predicted octanol–water partition coefficient (Wildman–Crippen LogP) is 5.10. The molecule has 0 radical (unpaired) electrons. The summed E-state index contributed by atoms with van der Waals surface area (Å²) in [6.07, 6.45) is 4.95. The molecule has 2 rings (SSSR count). The number of carbonyl (C=O) groups is 2. The SMILES string of the molecule is C=C[C@H](CCC(=O)c1ccccc1)C1CCN(C(=O)OC(C)(C)C)CC1. The van der Waals surface area contributed by atoms with Gasteiger partial charge in [-0.25, -0.2) is 4.79 Å². The second-order valence-corrected chi connectivity index (χ2v) is 8.03. The number of amides is 1. The van der Waals surface area contributed by atoms with Gasteiger partial charge in [-0.1, -0.05) is 36.4 Å². The van der Waals surface area contributed by atoms with Crippen molar-refractivity contribution in [2.45, 2.75) is 52.1 Å². The van der Waals surface area contributed by atoms with Crippen molar-refractivity contribution in [2.75, 3.05) is 13.1 Å². The summed E-state index contributed by atoms with van der Waals surface area (Å²) in [6, 6.07) is 9.44. The number of likely N-dealkylation sites (tertiary alicyclic amines) is 1. The number of ketones is 1. The third kappa shape index (κ3) is 6.01. The van der Waals surface area contributed by atoms with Crippen molar-refractivity contribution in [3.05, 3.63) is 48.6 Å². The first-order valence-corrected chi connectivity index (χ1v) is 9.49. The maximum atomic E-state index is 12.3. The van der Waals surface area contributed by atoms with Crippen LogP contribution in [0.1, 0.15) is 56.8 Å². The molecule has 1 heterocycles. The Morgan fingerprint density at radius 3 is 2.38 bits per heavy atom. The second-order valence-electron chi connectivity index (χ2n) is 8.03. The molecule has 1 aliphatic rings. The summed E-state index contributed by atoms with van der Waals surface area (Å²) in [5.74, 6) is 0.960. The van der Waals surface area contributed by atoms with Crippen LogP contribution in [0.3, 0.4) is 0 Å². The van der Waals surface area contributed by atoms with Crippen molar-refractivity contribution < 1.29 is 14.3 Å². The van der Waals surface area contributed by atoms with E-state index in [2.05, 4.69) is 6.58 Å². The van der Waals surface area contributed by atoms with Crippen LogP contribution in [0.25, 0.3) is 0 Å². The molecule has 1 atom stereocenters. The zero-order chi connectivity index (χ0) is 19.2. The maximum Gasteiger partial charge on any atom is 0.410 e. The number of rotatable bonds is 6. The lowest BCUT2D eigenvalue weighted by Crippen LogP contribution is -2.42. The van der Waals surface area contributed by atoms with Gasteiger partial charge in [-0.15, -0.1) is 6.58 Å². The number of hydrogen-bond donors (Lipinski definition) is 0. The van der Waals surface area contributed by atoms with Crippen molar-refractivity contribution in [1.82, 2.24) is 4.90 Å². The first-order chi connectivity index (χ1) is 12.3. The Labute approximate surface area is 157 Å². The lowest BCUT2D eigenvalue weighted by Gasteiger charge is -2.36. The highest BCUT2D eigenvalue weighted by Crippen LogP contribution is 2.30. The summed E-state index contributed by atoms with van der Waals surface area (Å²) in [4.78, 5) is 26.3. The summed E-state index contributed by atoms with van der Waals surface area (Å²) in [7, 11) is 0. The highest BCUT2D eigenvalue weighted by atomic mass is 16.6. The van der Waals surface area contributed by atoms with E-state index in [1.807, 2.05) is 57.2 Å². The van der Waals surface area contributed by atoms with Crippen LogP contribution in [-0.4, -0.2) is 35.5 Å². The Bertz CT molecular complexity index is 610. The molecule has 0 bridgehead atoms. The van der Waals surface area contributed by atoms with Gasteiger partial charge in [0.05, 0.1) is 0 Å². The van der Waals surface area contributed by atoms with Crippen molar-refractivity contribution in [3.8, 4) is 0 Å². The highest BCUT2D eigenvalue weighted by molar-refractivity contribution is 5.95. The van der Waals surface area contributed by atoms with Crippen molar-refractivity contribution in [3.63, 3.8) is 0 Å². The zero-order valence-corrected chi connectivity index (χ0v) is 16.2. The Balaban J connectivity index is 1.82. The molecule has 4 nitrogen and oxygen atoms in total. The molecule has 142 valence electrons. The molecule has 0 aromatic heterocycles.